The van der Waals surface area contributed by atoms with Gasteiger partial charge in [-0.2, -0.15) is 0 Å². The molecule has 0 atom stereocenters. The molecule has 0 N–H and O–H groups in total. The highest BCUT2D eigenvalue weighted by Gasteiger charge is 2.08. The molecule has 0 spiro atoms. The van der Waals surface area contributed by atoms with Gasteiger partial charge in [-0.05, 0) is 29.3 Å². The van der Waals surface area contributed by atoms with Crippen LogP contribution in [0.2, 0.25) is 0 Å². The van der Waals surface area contributed by atoms with Gasteiger partial charge < -0.3 is 9.47 Å². The first-order valence-electron chi connectivity index (χ1n) is 5.73. The minimum atomic E-state index is 0.823. The van der Waals surface area contributed by atoms with Gasteiger partial charge in [-0.1, -0.05) is 36.9 Å². The Hall–Kier alpha value is -2.22. The molecule has 0 saturated heterocycles. The molecule has 0 fully saturated rings. The highest BCUT2D eigenvalue weighted by molar-refractivity contribution is 5.81. The topological polar surface area (TPSA) is 18.5 Å². The van der Waals surface area contributed by atoms with Crippen LogP contribution in [0.25, 0.3) is 5.57 Å². The summed E-state index contributed by atoms with van der Waals surface area (Å²) in [6, 6.07) is 15.7. The molecule has 0 unspecified atom stereocenters. The van der Waals surface area contributed by atoms with Gasteiger partial charge in [0.2, 0.25) is 0 Å². The highest BCUT2D eigenvalue weighted by Crippen LogP contribution is 2.30. The van der Waals surface area contributed by atoms with Gasteiger partial charge in [0.15, 0.2) is 0 Å². The number of ether oxygens (including phenoxy) is 2. The fourth-order valence-electron chi connectivity index (χ4n) is 1.86. The third-order valence-corrected chi connectivity index (χ3v) is 2.85. The van der Waals surface area contributed by atoms with Crippen LogP contribution in [0, 0.1) is 0 Å². The molecule has 2 rings (SSSR count). The molecule has 0 heterocycles. The Bertz CT molecular complexity index is 559. The second-order valence-corrected chi connectivity index (χ2v) is 3.91. The van der Waals surface area contributed by atoms with E-state index in [1.165, 1.54) is 0 Å². The van der Waals surface area contributed by atoms with E-state index in [4.69, 9.17) is 9.47 Å². The maximum Gasteiger partial charge on any atom is 0.126 e. The summed E-state index contributed by atoms with van der Waals surface area (Å²) in [4.78, 5) is 0. The van der Waals surface area contributed by atoms with Gasteiger partial charge in [0.1, 0.15) is 11.5 Å². The van der Waals surface area contributed by atoms with E-state index in [9.17, 15) is 0 Å². The Kier molecular flexibility index (Phi) is 3.68. The second kappa shape index (κ2) is 5.41. The molecule has 0 aliphatic heterocycles. The monoisotopic (exact) mass is 240 g/mol. The van der Waals surface area contributed by atoms with Crippen molar-refractivity contribution in [2.45, 2.75) is 0 Å². The zero-order valence-electron chi connectivity index (χ0n) is 10.6. The summed E-state index contributed by atoms with van der Waals surface area (Å²) in [6.45, 7) is 4.14. The van der Waals surface area contributed by atoms with Crippen LogP contribution >= 0.6 is 0 Å². The first kappa shape index (κ1) is 12.2. The van der Waals surface area contributed by atoms with Crippen LogP contribution in [0.4, 0.5) is 0 Å². The smallest absolute Gasteiger partial charge is 0.126 e. The van der Waals surface area contributed by atoms with Crippen molar-refractivity contribution in [3.8, 4) is 11.5 Å². The Morgan fingerprint density at radius 1 is 0.944 bits per heavy atom. The van der Waals surface area contributed by atoms with E-state index in [1.54, 1.807) is 14.2 Å². The Morgan fingerprint density at radius 3 is 2.44 bits per heavy atom. The second-order valence-electron chi connectivity index (χ2n) is 3.91. The molecule has 2 heteroatoms. The molecule has 0 amide bonds. The van der Waals surface area contributed by atoms with Gasteiger partial charge in [0.25, 0.3) is 0 Å². The zero-order valence-corrected chi connectivity index (χ0v) is 10.6. The number of benzene rings is 2. The average molecular weight is 240 g/mol. The summed E-state index contributed by atoms with van der Waals surface area (Å²) in [5.41, 5.74) is 2.94. The van der Waals surface area contributed by atoms with Gasteiger partial charge >= 0.3 is 0 Å². The van der Waals surface area contributed by atoms with E-state index in [0.29, 0.717) is 0 Å². The fourth-order valence-corrected chi connectivity index (χ4v) is 1.86. The summed E-state index contributed by atoms with van der Waals surface area (Å²) in [5.74, 6) is 1.65. The Balaban J connectivity index is 2.41. The van der Waals surface area contributed by atoms with Crippen LogP contribution in [0.15, 0.2) is 55.1 Å². The summed E-state index contributed by atoms with van der Waals surface area (Å²) >= 11 is 0. The minimum Gasteiger partial charge on any atom is -0.497 e. The van der Waals surface area contributed by atoms with Crippen LogP contribution in [0.5, 0.6) is 11.5 Å². The van der Waals surface area contributed by atoms with Gasteiger partial charge in [0, 0.05) is 5.56 Å². The molecule has 0 bridgehead atoms. The third-order valence-electron chi connectivity index (χ3n) is 2.85. The zero-order chi connectivity index (χ0) is 13.0. The van der Waals surface area contributed by atoms with Gasteiger partial charge in [-0.25, -0.2) is 0 Å². The molecule has 2 aromatic carbocycles. The molecule has 0 radical (unpaired) electrons. The first-order chi connectivity index (χ1) is 8.76. The quantitative estimate of drug-likeness (QED) is 0.810. The van der Waals surface area contributed by atoms with Crippen LogP contribution in [0.3, 0.4) is 0 Å². The Morgan fingerprint density at radius 2 is 1.72 bits per heavy atom. The van der Waals surface area contributed by atoms with Crippen molar-refractivity contribution in [2.24, 2.45) is 0 Å². The van der Waals surface area contributed by atoms with E-state index in [0.717, 1.165) is 28.2 Å². The van der Waals surface area contributed by atoms with Gasteiger partial charge in [-0.3, -0.25) is 0 Å². The molecule has 0 aliphatic rings. The summed E-state index contributed by atoms with van der Waals surface area (Å²) in [6.07, 6.45) is 0. The van der Waals surface area contributed by atoms with Crippen LogP contribution in [-0.4, -0.2) is 14.2 Å². The lowest BCUT2D eigenvalue weighted by molar-refractivity contribution is 0.413. The lowest BCUT2D eigenvalue weighted by Crippen LogP contribution is -1.92. The normalized spacial score (nSPS) is 9.89. The SMILES string of the molecule is C=C(c1cccc(OC)c1)c1ccccc1OC. The fraction of sp³-hybridized carbons (Fsp3) is 0.125. The van der Waals surface area contributed by atoms with E-state index >= 15 is 0 Å². The van der Waals surface area contributed by atoms with Crippen molar-refractivity contribution in [2.75, 3.05) is 14.2 Å². The van der Waals surface area contributed by atoms with E-state index < -0.39 is 0 Å². The third kappa shape index (κ3) is 2.38. The molecule has 2 nitrogen and oxygen atoms in total. The number of hydrogen-bond acceptors (Lipinski definition) is 2. The number of hydrogen-bond donors (Lipinski definition) is 0. The van der Waals surface area contributed by atoms with Crippen LogP contribution < -0.4 is 9.47 Å². The minimum absolute atomic E-state index is 0.823. The highest BCUT2D eigenvalue weighted by atomic mass is 16.5. The Labute approximate surface area is 107 Å². The summed E-state index contributed by atoms with van der Waals surface area (Å²) < 4.78 is 10.6. The average Bonchev–Trinajstić information content (AvgIpc) is 2.46. The summed E-state index contributed by atoms with van der Waals surface area (Å²) in [7, 11) is 3.32. The van der Waals surface area contributed by atoms with E-state index in [2.05, 4.69) is 6.58 Å². The van der Waals surface area contributed by atoms with Gasteiger partial charge in [0.05, 0.1) is 14.2 Å². The van der Waals surface area contributed by atoms with Crippen molar-refractivity contribution < 1.29 is 9.47 Å². The van der Waals surface area contributed by atoms with Crippen molar-refractivity contribution in [1.29, 1.82) is 0 Å². The van der Waals surface area contributed by atoms with Gasteiger partial charge in [-0.15, -0.1) is 0 Å². The van der Waals surface area contributed by atoms with Crippen molar-refractivity contribution >= 4 is 5.57 Å². The largest absolute Gasteiger partial charge is 0.497 e. The first-order valence-corrected chi connectivity index (χ1v) is 5.73. The maximum atomic E-state index is 5.35. The van der Waals surface area contributed by atoms with Crippen molar-refractivity contribution in [3.63, 3.8) is 0 Å². The molecular formula is C16H16O2. The predicted octanol–water partition coefficient (Wildman–Crippen LogP) is 3.77. The molecule has 92 valence electrons. The lowest BCUT2D eigenvalue weighted by Gasteiger charge is -2.11. The molecule has 2 aromatic rings. The van der Waals surface area contributed by atoms with Crippen molar-refractivity contribution in [3.05, 3.63) is 66.2 Å². The number of para-hydroxylation sites is 1. The van der Waals surface area contributed by atoms with E-state index in [1.807, 2.05) is 48.5 Å². The molecule has 0 saturated carbocycles. The van der Waals surface area contributed by atoms with Crippen molar-refractivity contribution in [1.82, 2.24) is 0 Å². The number of methoxy groups -OCH3 is 2. The van der Waals surface area contributed by atoms with E-state index in [-0.39, 0.29) is 0 Å². The molecular weight excluding hydrogens is 224 g/mol. The van der Waals surface area contributed by atoms with Crippen LogP contribution in [0.1, 0.15) is 11.1 Å². The summed E-state index contributed by atoms with van der Waals surface area (Å²) in [5, 5.41) is 0. The maximum absolute atomic E-state index is 5.35. The molecule has 0 aliphatic carbocycles. The predicted molar refractivity (Wildman–Crippen MR) is 74.1 cm³/mol. The number of rotatable bonds is 4. The van der Waals surface area contributed by atoms with Crippen LogP contribution in [-0.2, 0) is 0 Å². The standard InChI is InChI=1S/C16H16O2/c1-12(13-7-6-8-14(11-13)17-2)15-9-4-5-10-16(15)18-3/h4-11H,1H2,2-3H3. The molecule has 0 aromatic heterocycles. The molecule has 18 heavy (non-hydrogen) atoms. The lowest BCUT2D eigenvalue weighted by atomic mass is 9.98.